The zero-order valence-electron chi connectivity index (χ0n) is 12.8. The first-order valence-corrected chi connectivity index (χ1v) is 6.95. The number of halogens is 2. The molecule has 0 bridgehead atoms. The van der Waals surface area contributed by atoms with Crippen LogP contribution in [-0.4, -0.2) is 5.71 Å². The van der Waals surface area contributed by atoms with Crippen LogP contribution in [0.15, 0.2) is 76.0 Å². The number of hydrogen-bond acceptors (Lipinski definition) is 1. The van der Waals surface area contributed by atoms with E-state index in [4.69, 9.17) is 4.99 Å². The Bertz CT molecular complexity index is 603. The largest absolute Gasteiger partial charge is 2.00 e. The van der Waals surface area contributed by atoms with Gasteiger partial charge >= 0.3 is 26.2 Å². The van der Waals surface area contributed by atoms with Crippen LogP contribution in [0, 0.1) is 5.92 Å². The Hall–Kier alpha value is -0.427. The third-order valence-corrected chi connectivity index (χ3v) is 3.66. The molecule has 0 radical (unpaired) electrons. The van der Waals surface area contributed by atoms with Crippen LogP contribution in [0.1, 0.15) is 26.7 Å². The Labute approximate surface area is 164 Å². The summed E-state index contributed by atoms with van der Waals surface area (Å²) in [5, 5.41) is 0. The van der Waals surface area contributed by atoms with Crippen molar-refractivity contribution in [2.45, 2.75) is 26.7 Å². The van der Waals surface area contributed by atoms with E-state index in [-0.39, 0.29) is 51.0 Å². The smallest absolute Gasteiger partial charge is 1.00 e. The second kappa shape index (κ2) is 9.65. The molecule has 0 amide bonds. The summed E-state index contributed by atoms with van der Waals surface area (Å²) in [6.45, 7) is 4.30. The van der Waals surface area contributed by atoms with Gasteiger partial charge in [-0.05, 0) is 38.3 Å². The number of nitrogens with zero attached hydrogens (tertiary/aromatic N) is 1. The molecule has 0 saturated heterocycles. The minimum atomic E-state index is 0. The summed E-state index contributed by atoms with van der Waals surface area (Å²) >= 11 is 0. The van der Waals surface area contributed by atoms with E-state index < -0.39 is 0 Å². The van der Waals surface area contributed by atoms with Crippen LogP contribution in [0.5, 0.6) is 0 Å². The minimum Gasteiger partial charge on any atom is -1.00 e. The van der Waals surface area contributed by atoms with Gasteiger partial charge in [0.25, 0.3) is 0 Å². The van der Waals surface area contributed by atoms with Crippen molar-refractivity contribution in [3.05, 3.63) is 71.0 Å². The number of allylic oxidation sites excluding steroid dienone is 10. The molecule has 1 nitrogen and oxygen atoms in total. The molecule has 22 heavy (non-hydrogen) atoms. The predicted octanol–water partition coefficient (Wildman–Crippen LogP) is -1.31. The number of rotatable bonds is 4. The van der Waals surface area contributed by atoms with Gasteiger partial charge in [-0.2, -0.15) is 0 Å². The Morgan fingerprint density at radius 3 is 2.45 bits per heavy atom. The molecule has 3 aliphatic rings. The SMILES string of the molecule is CC(C)=CCCC1=NC2=CC=CC2=C1C1C=CC=C1.[Cl-].[Cl-].[Zr+2]. The van der Waals surface area contributed by atoms with Crippen LogP contribution < -0.4 is 24.8 Å². The molecule has 2 aliphatic carbocycles. The van der Waals surface area contributed by atoms with Gasteiger partial charge < -0.3 is 24.8 Å². The van der Waals surface area contributed by atoms with Gasteiger partial charge in [0.15, 0.2) is 0 Å². The van der Waals surface area contributed by atoms with Crippen molar-refractivity contribution in [3.63, 3.8) is 0 Å². The van der Waals surface area contributed by atoms with E-state index in [9.17, 15) is 0 Å². The zero-order valence-corrected chi connectivity index (χ0v) is 16.8. The topological polar surface area (TPSA) is 12.4 Å². The Balaban J connectivity index is 0.00000147. The second-order valence-electron chi connectivity index (χ2n) is 5.41. The first-order chi connectivity index (χ1) is 9.25. The maximum Gasteiger partial charge on any atom is 2.00 e. The van der Waals surface area contributed by atoms with Crippen molar-refractivity contribution < 1.29 is 51.0 Å². The first kappa shape index (κ1) is 21.6. The monoisotopic (exact) mass is 409 g/mol. The molecule has 114 valence electrons. The van der Waals surface area contributed by atoms with E-state index in [0.29, 0.717) is 5.92 Å². The van der Waals surface area contributed by atoms with Crippen LogP contribution in [0.25, 0.3) is 0 Å². The quantitative estimate of drug-likeness (QED) is 0.510. The molecule has 3 rings (SSSR count). The average Bonchev–Trinajstić information content (AvgIpc) is 3.02. The molecule has 4 heteroatoms. The summed E-state index contributed by atoms with van der Waals surface area (Å²) in [7, 11) is 0. The van der Waals surface area contributed by atoms with Crippen molar-refractivity contribution in [1.29, 1.82) is 0 Å². The Morgan fingerprint density at radius 1 is 1.14 bits per heavy atom. The second-order valence-corrected chi connectivity index (χ2v) is 5.41. The van der Waals surface area contributed by atoms with Crippen LogP contribution in [0.3, 0.4) is 0 Å². The molecule has 0 aromatic carbocycles. The van der Waals surface area contributed by atoms with Gasteiger partial charge in [0.05, 0.1) is 5.70 Å². The third kappa shape index (κ3) is 4.54. The van der Waals surface area contributed by atoms with E-state index in [1.54, 1.807) is 0 Å². The fraction of sp³-hybridized carbons (Fsp3) is 0.278. The number of fused-ring (bicyclic) bond motifs is 1. The van der Waals surface area contributed by atoms with Crippen LogP contribution in [-0.2, 0) is 26.2 Å². The molecule has 0 saturated carbocycles. The van der Waals surface area contributed by atoms with Crippen molar-refractivity contribution in [2.75, 3.05) is 0 Å². The van der Waals surface area contributed by atoms with Gasteiger partial charge in [-0.25, -0.2) is 0 Å². The molecule has 1 aliphatic heterocycles. The molecule has 0 atom stereocenters. The molecule has 0 unspecified atom stereocenters. The van der Waals surface area contributed by atoms with Gasteiger partial charge in [-0.3, -0.25) is 4.99 Å². The molecule has 0 N–H and O–H groups in total. The molecule has 0 spiro atoms. The molecule has 1 heterocycles. The predicted molar refractivity (Wildman–Crippen MR) is 82.1 cm³/mol. The first-order valence-electron chi connectivity index (χ1n) is 6.95. The van der Waals surface area contributed by atoms with E-state index in [1.165, 1.54) is 22.4 Å². The van der Waals surface area contributed by atoms with Gasteiger partial charge in [0.1, 0.15) is 0 Å². The minimum absolute atomic E-state index is 0. The Morgan fingerprint density at radius 2 is 1.82 bits per heavy atom. The maximum atomic E-state index is 4.82. The number of hydrogen-bond donors (Lipinski definition) is 0. The zero-order chi connectivity index (χ0) is 13.2. The molecule has 0 aromatic rings. The summed E-state index contributed by atoms with van der Waals surface area (Å²) in [5.41, 5.74) is 6.54. The Kier molecular flexibility index (Phi) is 9.47. The summed E-state index contributed by atoms with van der Waals surface area (Å²) < 4.78 is 0. The van der Waals surface area contributed by atoms with Crippen molar-refractivity contribution in [3.8, 4) is 0 Å². The van der Waals surface area contributed by atoms with Crippen molar-refractivity contribution in [1.82, 2.24) is 0 Å². The van der Waals surface area contributed by atoms with Gasteiger partial charge in [-0.1, -0.05) is 48.1 Å². The fourth-order valence-electron chi connectivity index (χ4n) is 2.78. The van der Waals surface area contributed by atoms with Gasteiger partial charge in [-0.15, -0.1) is 0 Å². The van der Waals surface area contributed by atoms with Crippen molar-refractivity contribution in [2.24, 2.45) is 10.9 Å². The normalized spacial score (nSPS) is 17.4. The maximum absolute atomic E-state index is 4.82. The third-order valence-electron chi connectivity index (χ3n) is 3.66. The summed E-state index contributed by atoms with van der Waals surface area (Å²) in [6.07, 6.45) is 19.6. The summed E-state index contributed by atoms with van der Waals surface area (Å²) in [4.78, 5) is 4.82. The average molecular weight is 411 g/mol. The molecule has 0 aromatic heterocycles. The summed E-state index contributed by atoms with van der Waals surface area (Å²) in [5.74, 6) is 0.411. The van der Waals surface area contributed by atoms with E-state index in [0.717, 1.165) is 18.5 Å². The van der Waals surface area contributed by atoms with Gasteiger partial charge in [0.2, 0.25) is 0 Å². The van der Waals surface area contributed by atoms with Crippen LogP contribution >= 0.6 is 0 Å². The van der Waals surface area contributed by atoms with Gasteiger partial charge in [0, 0.05) is 17.2 Å². The van der Waals surface area contributed by atoms with E-state index in [2.05, 4.69) is 62.5 Å². The summed E-state index contributed by atoms with van der Waals surface area (Å²) in [6, 6.07) is 0. The van der Waals surface area contributed by atoms with E-state index in [1.807, 2.05) is 0 Å². The number of aliphatic imine (C=N–C) groups is 1. The molecule has 0 fully saturated rings. The van der Waals surface area contributed by atoms with E-state index >= 15 is 0 Å². The standard InChI is InChI=1S/C18H19N.2ClH.Zr/c1-13(2)7-5-12-17-18(14-8-3-4-9-14)15-10-6-11-16(15)19-17;;;/h3-4,6-11,14H,5,12H2,1-2H3;2*1H;/q;;;+2/p-2. The molecular weight excluding hydrogens is 392 g/mol. The van der Waals surface area contributed by atoms with Crippen LogP contribution in [0.2, 0.25) is 0 Å². The van der Waals surface area contributed by atoms with Crippen molar-refractivity contribution >= 4 is 5.71 Å². The van der Waals surface area contributed by atoms with Crippen LogP contribution in [0.4, 0.5) is 0 Å². The fourth-order valence-corrected chi connectivity index (χ4v) is 2.78. The molecular formula is C18H19Cl2NZr.